The summed E-state index contributed by atoms with van der Waals surface area (Å²) in [5, 5.41) is 6.01. The number of hydrogen-bond donors (Lipinski definition) is 2. The minimum atomic E-state index is -0.0320. The highest BCUT2D eigenvalue weighted by Gasteiger charge is 2.02. The van der Waals surface area contributed by atoms with E-state index in [-0.39, 0.29) is 12.5 Å². The molecule has 0 aliphatic rings. The van der Waals surface area contributed by atoms with E-state index in [4.69, 9.17) is 4.74 Å². The van der Waals surface area contributed by atoms with E-state index < -0.39 is 0 Å². The van der Waals surface area contributed by atoms with Gasteiger partial charge in [-0.3, -0.25) is 4.79 Å². The Balaban J connectivity index is 1.74. The predicted molar refractivity (Wildman–Crippen MR) is 89.2 cm³/mol. The summed E-state index contributed by atoms with van der Waals surface area (Å²) < 4.78 is 5.10. The van der Waals surface area contributed by atoms with Crippen LogP contribution in [0.4, 0.5) is 5.69 Å². The van der Waals surface area contributed by atoms with Gasteiger partial charge in [-0.1, -0.05) is 31.2 Å². The van der Waals surface area contributed by atoms with Gasteiger partial charge in [0, 0.05) is 12.2 Å². The molecule has 0 saturated heterocycles. The number of rotatable bonds is 7. The van der Waals surface area contributed by atoms with Crippen LogP contribution in [0.3, 0.4) is 0 Å². The molecular weight excluding hydrogens is 276 g/mol. The molecule has 22 heavy (non-hydrogen) atoms. The number of carbonyl (C=O) groups is 1. The fourth-order valence-electron chi connectivity index (χ4n) is 2.05. The van der Waals surface area contributed by atoms with Crippen LogP contribution in [0, 0.1) is 0 Å². The van der Waals surface area contributed by atoms with Crippen LogP contribution in [0.15, 0.2) is 48.5 Å². The van der Waals surface area contributed by atoms with Crippen LogP contribution in [0.2, 0.25) is 0 Å². The maximum Gasteiger partial charge on any atom is 0.239 e. The number of benzene rings is 2. The summed E-state index contributed by atoms with van der Waals surface area (Å²) in [7, 11) is 1.63. The average molecular weight is 298 g/mol. The molecule has 2 rings (SSSR count). The minimum absolute atomic E-state index is 0.0320. The molecule has 0 heterocycles. The van der Waals surface area contributed by atoms with Crippen molar-refractivity contribution in [3.05, 3.63) is 59.7 Å². The van der Waals surface area contributed by atoms with Gasteiger partial charge in [0.1, 0.15) is 5.75 Å². The Kier molecular flexibility index (Phi) is 5.83. The van der Waals surface area contributed by atoms with E-state index in [1.54, 1.807) is 7.11 Å². The predicted octanol–water partition coefficient (Wildman–Crippen LogP) is 2.99. The third-order valence-corrected chi connectivity index (χ3v) is 3.46. The smallest absolute Gasteiger partial charge is 0.239 e. The zero-order valence-corrected chi connectivity index (χ0v) is 13.1. The van der Waals surface area contributed by atoms with Gasteiger partial charge >= 0.3 is 0 Å². The summed E-state index contributed by atoms with van der Waals surface area (Å²) in [5.41, 5.74) is 3.28. The Bertz CT molecular complexity index is 538. The second kappa shape index (κ2) is 8.08. The Morgan fingerprint density at radius 2 is 1.64 bits per heavy atom. The number of nitrogens with one attached hydrogen (secondary N) is 2. The fraction of sp³-hybridized carbons (Fsp3) is 0.278. The Morgan fingerprint density at radius 1 is 1.00 bits per heavy atom. The van der Waals surface area contributed by atoms with Gasteiger partial charge in [-0.05, 0) is 41.8 Å². The van der Waals surface area contributed by atoms with E-state index in [9.17, 15) is 4.79 Å². The van der Waals surface area contributed by atoms with Gasteiger partial charge in [0.05, 0.1) is 13.7 Å². The zero-order valence-electron chi connectivity index (χ0n) is 13.1. The van der Waals surface area contributed by atoms with Crippen LogP contribution in [0.25, 0.3) is 0 Å². The first-order valence-corrected chi connectivity index (χ1v) is 7.43. The molecule has 4 heteroatoms. The molecule has 116 valence electrons. The number of methoxy groups -OCH3 is 1. The molecule has 0 bridgehead atoms. The Hall–Kier alpha value is -2.49. The summed E-state index contributed by atoms with van der Waals surface area (Å²) in [4.78, 5) is 11.8. The highest BCUT2D eigenvalue weighted by atomic mass is 16.5. The molecule has 2 aromatic rings. The van der Waals surface area contributed by atoms with Gasteiger partial charge in [0.25, 0.3) is 0 Å². The Labute approximate surface area is 131 Å². The lowest BCUT2D eigenvalue weighted by Crippen LogP contribution is -2.29. The summed E-state index contributed by atoms with van der Waals surface area (Å²) >= 11 is 0. The highest BCUT2D eigenvalue weighted by Crippen LogP contribution is 2.11. The molecule has 0 atom stereocenters. The zero-order chi connectivity index (χ0) is 15.8. The lowest BCUT2D eigenvalue weighted by Gasteiger charge is -2.09. The third kappa shape index (κ3) is 4.81. The van der Waals surface area contributed by atoms with Crippen LogP contribution in [-0.4, -0.2) is 19.6 Å². The van der Waals surface area contributed by atoms with Gasteiger partial charge in [-0.15, -0.1) is 0 Å². The molecule has 0 aliphatic carbocycles. The van der Waals surface area contributed by atoms with Crippen LogP contribution in [-0.2, 0) is 17.8 Å². The van der Waals surface area contributed by atoms with Gasteiger partial charge < -0.3 is 15.4 Å². The molecule has 0 spiro atoms. The molecule has 0 aliphatic heterocycles. The second-order valence-corrected chi connectivity index (χ2v) is 5.03. The van der Waals surface area contributed by atoms with Crippen molar-refractivity contribution < 1.29 is 9.53 Å². The first-order valence-electron chi connectivity index (χ1n) is 7.43. The summed E-state index contributed by atoms with van der Waals surface area (Å²) in [6.45, 7) is 2.90. The Morgan fingerprint density at radius 3 is 2.23 bits per heavy atom. The number of carbonyl (C=O) groups excluding carboxylic acids is 1. The number of ether oxygens (including phenoxy) is 1. The minimum Gasteiger partial charge on any atom is -0.497 e. The van der Waals surface area contributed by atoms with Crippen molar-refractivity contribution in [1.29, 1.82) is 0 Å². The molecule has 0 aromatic heterocycles. The third-order valence-electron chi connectivity index (χ3n) is 3.46. The molecule has 0 radical (unpaired) electrons. The quantitative estimate of drug-likeness (QED) is 0.826. The van der Waals surface area contributed by atoms with Crippen molar-refractivity contribution >= 4 is 11.6 Å². The first kappa shape index (κ1) is 15.9. The van der Waals surface area contributed by atoms with Crippen molar-refractivity contribution in [2.45, 2.75) is 19.9 Å². The summed E-state index contributed by atoms with van der Waals surface area (Å²) in [6.07, 6.45) is 1.02. The molecule has 1 amide bonds. The molecule has 0 saturated carbocycles. The SMILES string of the molecule is CCc1ccc(NCC(=O)NCc2ccc(OC)cc2)cc1. The lowest BCUT2D eigenvalue weighted by molar-refractivity contribution is -0.119. The second-order valence-electron chi connectivity index (χ2n) is 5.03. The largest absolute Gasteiger partial charge is 0.497 e. The number of amides is 1. The van der Waals surface area contributed by atoms with Gasteiger partial charge in [0.2, 0.25) is 5.91 Å². The van der Waals surface area contributed by atoms with Crippen molar-refractivity contribution in [1.82, 2.24) is 5.32 Å². The standard InChI is InChI=1S/C18H22N2O2/c1-3-14-4-8-16(9-5-14)19-13-18(21)20-12-15-6-10-17(22-2)11-7-15/h4-11,19H,3,12-13H2,1-2H3,(H,20,21). The summed E-state index contributed by atoms with van der Waals surface area (Å²) in [5.74, 6) is 0.780. The van der Waals surface area contributed by atoms with Crippen molar-refractivity contribution in [3.63, 3.8) is 0 Å². The van der Waals surface area contributed by atoms with E-state index >= 15 is 0 Å². The van der Waals surface area contributed by atoms with E-state index in [0.717, 1.165) is 23.4 Å². The fourth-order valence-corrected chi connectivity index (χ4v) is 2.05. The van der Waals surface area contributed by atoms with Crippen molar-refractivity contribution in [2.24, 2.45) is 0 Å². The van der Waals surface area contributed by atoms with E-state index in [0.29, 0.717) is 6.54 Å². The van der Waals surface area contributed by atoms with Crippen LogP contribution < -0.4 is 15.4 Å². The van der Waals surface area contributed by atoms with Crippen LogP contribution in [0.5, 0.6) is 5.75 Å². The molecular formula is C18H22N2O2. The maximum atomic E-state index is 11.8. The van der Waals surface area contributed by atoms with E-state index in [1.165, 1.54) is 5.56 Å². The molecule has 2 aromatic carbocycles. The van der Waals surface area contributed by atoms with Crippen LogP contribution in [0.1, 0.15) is 18.1 Å². The normalized spacial score (nSPS) is 10.1. The lowest BCUT2D eigenvalue weighted by atomic mass is 10.1. The van der Waals surface area contributed by atoms with Gasteiger partial charge in [0.15, 0.2) is 0 Å². The van der Waals surface area contributed by atoms with Gasteiger partial charge in [-0.25, -0.2) is 0 Å². The van der Waals surface area contributed by atoms with E-state index in [1.807, 2.05) is 36.4 Å². The number of hydrogen-bond acceptors (Lipinski definition) is 3. The molecule has 0 fully saturated rings. The molecule has 2 N–H and O–H groups in total. The van der Waals surface area contributed by atoms with Crippen molar-refractivity contribution in [2.75, 3.05) is 19.0 Å². The van der Waals surface area contributed by atoms with Crippen LogP contribution >= 0.6 is 0 Å². The highest BCUT2D eigenvalue weighted by molar-refractivity contribution is 5.80. The number of aryl methyl sites for hydroxylation is 1. The average Bonchev–Trinajstić information content (AvgIpc) is 2.59. The molecule has 0 unspecified atom stereocenters. The summed E-state index contributed by atoms with van der Waals surface area (Å²) in [6, 6.07) is 15.8. The van der Waals surface area contributed by atoms with Crippen molar-refractivity contribution in [3.8, 4) is 5.75 Å². The van der Waals surface area contributed by atoms with Gasteiger partial charge in [-0.2, -0.15) is 0 Å². The number of anilines is 1. The topological polar surface area (TPSA) is 50.4 Å². The van der Waals surface area contributed by atoms with E-state index in [2.05, 4.69) is 29.7 Å². The molecule has 4 nitrogen and oxygen atoms in total. The maximum absolute atomic E-state index is 11.8. The first-order chi connectivity index (χ1) is 10.7. The monoisotopic (exact) mass is 298 g/mol.